The molecule has 0 radical (unpaired) electrons. The number of hydrogen-bond donors (Lipinski definition) is 2. The topological polar surface area (TPSA) is 38.0 Å². The molecule has 0 bridgehead atoms. The third-order valence-corrected chi connectivity index (χ3v) is 4.34. The number of halogens is 2. The molecule has 20 heavy (non-hydrogen) atoms. The predicted octanol–water partition coefficient (Wildman–Crippen LogP) is 3.95. The molecule has 1 unspecified atom stereocenters. The second kappa shape index (κ2) is 7.09. The zero-order chi connectivity index (χ0) is 14.5. The summed E-state index contributed by atoms with van der Waals surface area (Å²) in [4.78, 5) is 1.19. The number of benzene rings is 2. The first kappa shape index (κ1) is 15.3. The van der Waals surface area contributed by atoms with Gasteiger partial charge in [0, 0.05) is 4.90 Å². The van der Waals surface area contributed by atoms with Gasteiger partial charge in [-0.25, -0.2) is 4.39 Å². The van der Waals surface area contributed by atoms with Gasteiger partial charge in [-0.2, -0.15) is 0 Å². The van der Waals surface area contributed by atoms with E-state index in [2.05, 4.69) is 5.43 Å². The Kier molecular flexibility index (Phi) is 5.43. The maximum atomic E-state index is 13.4. The molecule has 106 valence electrons. The molecule has 2 nitrogen and oxygen atoms in total. The SMILES string of the molecule is CSc1ccc(C(Cc2cccc(F)c2Cl)NN)cc1. The molecule has 0 aromatic heterocycles. The fourth-order valence-electron chi connectivity index (χ4n) is 2.04. The molecule has 0 fully saturated rings. The predicted molar refractivity (Wildman–Crippen MR) is 83.4 cm³/mol. The Hall–Kier alpha value is -1.07. The van der Waals surface area contributed by atoms with E-state index in [1.54, 1.807) is 17.8 Å². The number of nitrogens with two attached hydrogens (primary N) is 1. The number of rotatable bonds is 5. The Morgan fingerprint density at radius 2 is 1.95 bits per heavy atom. The molecule has 0 saturated carbocycles. The lowest BCUT2D eigenvalue weighted by Gasteiger charge is -2.17. The highest BCUT2D eigenvalue weighted by Crippen LogP contribution is 2.26. The molecule has 0 aliphatic heterocycles. The summed E-state index contributed by atoms with van der Waals surface area (Å²) in [5.74, 6) is 5.21. The third kappa shape index (κ3) is 3.52. The first-order valence-electron chi connectivity index (χ1n) is 6.18. The van der Waals surface area contributed by atoms with Gasteiger partial charge in [0.15, 0.2) is 0 Å². The molecule has 3 N–H and O–H groups in total. The van der Waals surface area contributed by atoms with Gasteiger partial charge in [0.2, 0.25) is 0 Å². The van der Waals surface area contributed by atoms with Crippen molar-refractivity contribution in [2.75, 3.05) is 6.26 Å². The first-order valence-corrected chi connectivity index (χ1v) is 7.79. The average molecular weight is 311 g/mol. The van der Waals surface area contributed by atoms with E-state index in [0.29, 0.717) is 6.42 Å². The van der Waals surface area contributed by atoms with E-state index in [9.17, 15) is 4.39 Å². The van der Waals surface area contributed by atoms with Crippen molar-refractivity contribution in [1.29, 1.82) is 0 Å². The molecule has 0 aliphatic carbocycles. The lowest BCUT2D eigenvalue weighted by atomic mass is 9.99. The highest BCUT2D eigenvalue weighted by atomic mass is 35.5. The van der Waals surface area contributed by atoms with Crippen LogP contribution in [0, 0.1) is 5.82 Å². The van der Waals surface area contributed by atoms with Crippen LogP contribution in [0.4, 0.5) is 4.39 Å². The third-order valence-electron chi connectivity index (χ3n) is 3.17. The van der Waals surface area contributed by atoms with Gasteiger partial charge in [-0.3, -0.25) is 11.3 Å². The number of hydrogen-bond acceptors (Lipinski definition) is 3. The van der Waals surface area contributed by atoms with Crippen molar-refractivity contribution in [2.24, 2.45) is 5.84 Å². The Balaban J connectivity index is 2.21. The fraction of sp³-hybridized carbons (Fsp3) is 0.200. The van der Waals surface area contributed by atoms with Crippen LogP contribution in [0.15, 0.2) is 47.4 Å². The molecule has 2 aromatic rings. The van der Waals surface area contributed by atoms with Crippen LogP contribution in [-0.2, 0) is 6.42 Å². The second-order valence-corrected chi connectivity index (χ2v) is 5.67. The summed E-state index contributed by atoms with van der Waals surface area (Å²) in [6, 6.07) is 12.8. The lowest BCUT2D eigenvalue weighted by molar-refractivity contribution is 0.548. The minimum atomic E-state index is -0.405. The van der Waals surface area contributed by atoms with E-state index in [0.717, 1.165) is 11.1 Å². The number of nitrogens with one attached hydrogen (secondary N) is 1. The van der Waals surface area contributed by atoms with Crippen LogP contribution >= 0.6 is 23.4 Å². The van der Waals surface area contributed by atoms with Crippen molar-refractivity contribution in [3.05, 3.63) is 64.4 Å². The van der Waals surface area contributed by atoms with E-state index >= 15 is 0 Å². The summed E-state index contributed by atoms with van der Waals surface area (Å²) >= 11 is 7.67. The van der Waals surface area contributed by atoms with Crippen LogP contribution < -0.4 is 11.3 Å². The molecule has 2 rings (SSSR count). The van der Waals surface area contributed by atoms with E-state index in [4.69, 9.17) is 17.4 Å². The van der Waals surface area contributed by atoms with Crippen LogP contribution in [0.25, 0.3) is 0 Å². The minimum Gasteiger partial charge on any atom is -0.271 e. The average Bonchev–Trinajstić information content (AvgIpc) is 2.49. The molecule has 2 aromatic carbocycles. The van der Waals surface area contributed by atoms with Crippen molar-refractivity contribution >= 4 is 23.4 Å². The quantitative estimate of drug-likeness (QED) is 0.499. The Morgan fingerprint density at radius 3 is 2.55 bits per heavy atom. The second-order valence-electron chi connectivity index (χ2n) is 4.41. The number of thioether (sulfide) groups is 1. The van der Waals surface area contributed by atoms with Gasteiger partial charge in [0.05, 0.1) is 11.1 Å². The molecular formula is C15H16ClFN2S. The van der Waals surface area contributed by atoms with Crippen molar-refractivity contribution < 1.29 is 4.39 Å². The Bertz CT molecular complexity index is 575. The fourth-order valence-corrected chi connectivity index (χ4v) is 2.65. The molecule has 0 amide bonds. The normalized spacial score (nSPS) is 12.4. The van der Waals surface area contributed by atoms with Gasteiger partial charge in [-0.05, 0) is 42.0 Å². The molecule has 0 spiro atoms. The number of hydrazine groups is 1. The summed E-state index contributed by atoms with van der Waals surface area (Å²) in [7, 11) is 0. The van der Waals surface area contributed by atoms with E-state index in [-0.39, 0.29) is 11.1 Å². The molecule has 0 aliphatic rings. The van der Waals surface area contributed by atoms with E-state index in [1.807, 2.05) is 36.6 Å². The van der Waals surface area contributed by atoms with Crippen LogP contribution in [-0.4, -0.2) is 6.26 Å². The first-order chi connectivity index (χ1) is 9.65. The summed E-state index contributed by atoms with van der Waals surface area (Å²) in [5, 5.41) is 0.161. The molecule has 0 saturated heterocycles. The highest BCUT2D eigenvalue weighted by Gasteiger charge is 2.14. The zero-order valence-corrected chi connectivity index (χ0v) is 12.6. The van der Waals surface area contributed by atoms with Gasteiger partial charge in [0.1, 0.15) is 5.82 Å². The largest absolute Gasteiger partial charge is 0.271 e. The summed E-state index contributed by atoms with van der Waals surface area (Å²) in [6.07, 6.45) is 2.56. The van der Waals surface area contributed by atoms with Gasteiger partial charge in [-0.15, -0.1) is 11.8 Å². The van der Waals surface area contributed by atoms with Crippen LogP contribution in [0.1, 0.15) is 17.2 Å². The monoisotopic (exact) mass is 310 g/mol. The van der Waals surface area contributed by atoms with E-state index in [1.165, 1.54) is 11.0 Å². The molecule has 5 heteroatoms. The highest BCUT2D eigenvalue weighted by molar-refractivity contribution is 7.98. The van der Waals surface area contributed by atoms with Crippen molar-refractivity contribution in [1.82, 2.24) is 5.43 Å². The standard InChI is InChI=1S/C15H16ClFN2S/c1-20-12-7-5-10(6-8-12)14(19-18)9-11-3-2-4-13(17)15(11)16/h2-8,14,19H,9,18H2,1H3. The minimum absolute atomic E-state index is 0.106. The summed E-state index contributed by atoms with van der Waals surface area (Å²) in [5.41, 5.74) is 4.55. The molecule has 0 heterocycles. The zero-order valence-electron chi connectivity index (χ0n) is 11.1. The lowest BCUT2D eigenvalue weighted by Crippen LogP contribution is -2.29. The van der Waals surface area contributed by atoms with Crippen LogP contribution in [0.3, 0.4) is 0 Å². The maximum Gasteiger partial charge on any atom is 0.142 e. The van der Waals surface area contributed by atoms with E-state index < -0.39 is 5.82 Å². The van der Waals surface area contributed by atoms with Gasteiger partial charge in [-0.1, -0.05) is 35.9 Å². The Morgan fingerprint density at radius 1 is 1.25 bits per heavy atom. The smallest absolute Gasteiger partial charge is 0.142 e. The van der Waals surface area contributed by atoms with Gasteiger partial charge in [0.25, 0.3) is 0 Å². The summed E-state index contributed by atoms with van der Waals surface area (Å²) in [6.45, 7) is 0. The van der Waals surface area contributed by atoms with Gasteiger partial charge < -0.3 is 0 Å². The van der Waals surface area contributed by atoms with Crippen LogP contribution in [0.2, 0.25) is 5.02 Å². The maximum absolute atomic E-state index is 13.4. The summed E-state index contributed by atoms with van der Waals surface area (Å²) < 4.78 is 13.4. The van der Waals surface area contributed by atoms with Gasteiger partial charge >= 0.3 is 0 Å². The van der Waals surface area contributed by atoms with Crippen molar-refractivity contribution in [3.63, 3.8) is 0 Å². The molecule has 1 atom stereocenters. The van der Waals surface area contributed by atoms with Crippen LogP contribution in [0.5, 0.6) is 0 Å². The molecular weight excluding hydrogens is 295 g/mol. The Labute approximate surface area is 127 Å². The van der Waals surface area contributed by atoms with Crippen molar-refractivity contribution in [2.45, 2.75) is 17.4 Å². The van der Waals surface area contributed by atoms with Crippen molar-refractivity contribution in [3.8, 4) is 0 Å².